The Morgan fingerprint density at radius 3 is 2.80 bits per heavy atom. The van der Waals surface area contributed by atoms with Crippen molar-refractivity contribution in [1.82, 2.24) is 10.3 Å². The van der Waals surface area contributed by atoms with Crippen LogP contribution in [0.25, 0.3) is 0 Å². The van der Waals surface area contributed by atoms with Gasteiger partial charge in [0.1, 0.15) is 12.7 Å². The maximum atomic E-state index is 13.6. The summed E-state index contributed by atoms with van der Waals surface area (Å²) in [5, 5.41) is 2.66. The van der Waals surface area contributed by atoms with Crippen molar-refractivity contribution in [3.05, 3.63) is 21.7 Å². The van der Waals surface area contributed by atoms with Crippen molar-refractivity contribution in [3.8, 4) is 5.88 Å². The predicted molar refractivity (Wildman–Crippen MR) is 81.2 cm³/mol. The normalized spacial score (nSPS) is 12.7. The van der Waals surface area contributed by atoms with E-state index in [1.54, 1.807) is 13.0 Å². The molecule has 1 heterocycles. The van der Waals surface area contributed by atoms with Crippen molar-refractivity contribution in [1.29, 1.82) is 0 Å². The minimum absolute atomic E-state index is 0.0293. The van der Waals surface area contributed by atoms with Gasteiger partial charge in [0.05, 0.1) is 3.57 Å². The molecule has 1 aromatic rings. The van der Waals surface area contributed by atoms with Gasteiger partial charge in [-0.1, -0.05) is 0 Å². The first-order valence-electron chi connectivity index (χ1n) is 6.10. The topological polar surface area (TPSA) is 60.5 Å². The van der Waals surface area contributed by atoms with Gasteiger partial charge >= 0.3 is 6.09 Å². The van der Waals surface area contributed by atoms with E-state index in [-0.39, 0.29) is 18.0 Å². The van der Waals surface area contributed by atoms with Crippen LogP contribution in [0.15, 0.2) is 12.3 Å². The Hall–Kier alpha value is -1.12. The van der Waals surface area contributed by atoms with Gasteiger partial charge in [-0.3, -0.25) is 0 Å². The third kappa shape index (κ3) is 5.89. The second kappa shape index (κ2) is 7.05. The maximum Gasteiger partial charge on any atom is 0.407 e. The smallest absolute Gasteiger partial charge is 0.407 e. The highest BCUT2D eigenvalue weighted by Gasteiger charge is 2.18. The number of nitrogens with zero attached hydrogens (tertiary/aromatic N) is 1. The third-order valence-corrected chi connectivity index (χ3v) is 2.88. The highest BCUT2D eigenvalue weighted by atomic mass is 127. The number of hydrogen-bond donors (Lipinski definition) is 1. The van der Waals surface area contributed by atoms with Gasteiger partial charge in [0.15, 0.2) is 5.82 Å². The summed E-state index contributed by atoms with van der Waals surface area (Å²) in [6.07, 6.45) is 0.402. The van der Waals surface area contributed by atoms with Crippen molar-refractivity contribution < 1.29 is 18.7 Å². The molecule has 0 aromatic carbocycles. The molecule has 1 aromatic heterocycles. The first kappa shape index (κ1) is 16.9. The van der Waals surface area contributed by atoms with Gasteiger partial charge < -0.3 is 14.8 Å². The van der Waals surface area contributed by atoms with Gasteiger partial charge in [0, 0.05) is 11.7 Å². The van der Waals surface area contributed by atoms with Gasteiger partial charge in [-0.2, -0.15) is 4.39 Å². The SMILES string of the molecule is CC(COc1nccc(I)c1F)OC(=O)NC(C)(C)C. The average Bonchev–Trinajstić information content (AvgIpc) is 2.28. The number of pyridine rings is 1. The standard InChI is InChI=1S/C13H18FIN2O3/c1-8(20-12(18)17-13(2,3)4)7-19-11-10(14)9(15)5-6-16-11/h5-6,8H,7H2,1-4H3,(H,17,18). The molecular weight excluding hydrogens is 378 g/mol. The number of halogens is 2. The number of hydrogen-bond acceptors (Lipinski definition) is 4. The molecule has 1 rings (SSSR count). The number of rotatable bonds is 4. The van der Waals surface area contributed by atoms with E-state index in [9.17, 15) is 9.18 Å². The van der Waals surface area contributed by atoms with Gasteiger partial charge in [-0.15, -0.1) is 0 Å². The van der Waals surface area contributed by atoms with Crippen molar-refractivity contribution >= 4 is 28.7 Å². The molecule has 1 atom stereocenters. The van der Waals surface area contributed by atoms with Crippen LogP contribution in [0, 0.1) is 9.39 Å². The number of alkyl carbamates (subject to hydrolysis) is 1. The molecule has 0 saturated heterocycles. The zero-order valence-corrected chi connectivity index (χ0v) is 14.0. The molecule has 7 heteroatoms. The first-order valence-corrected chi connectivity index (χ1v) is 7.18. The molecule has 5 nitrogen and oxygen atoms in total. The summed E-state index contributed by atoms with van der Waals surface area (Å²) in [5.41, 5.74) is -0.374. The monoisotopic (exact) mass is 396 g/mol. The second-order valence-electron chi connectivity index (χ2n) is 5.31. The van der Waals surface area contributed by atoms with Crippen LogP contribution in [0.4, 0.5) is 9.18 Å². The molecule has 0 spiro atoms. The van der Waals surface area contributed by atoms with Crippen LogP contribution in [0.5, 0.6) is 5.88 Å². The molecule has 1 unspecified atom stereocenters. The van der Waals surface area contributed by atoms with Crippen molar-refractivity contribution in [2.45, 2.75) is 39.3 Å². The lowest BCUT2D eigenvalue weighted by molar-refractivity contribution is 0.0681. The number of nitrogens with one attached hydrogen (secondary N) is 1. The quantitative estimate of drug-likeness (QED) is 0.795. The third-order valence-electron chi connectivity index (χ3n) is 2.05. The van der Waals surface area contributed by atoms with Crippen LogP contribution in [-0.4, -0.2) is 29.3 Å². The van der Waals surface area contributed by atoms with E-state index in [1.807, 2.05) is 43.4 Å². The van der Waals surface area contributed by atoms with Gasteiger partial charge in [0.2, 0.25) is 0 Å². The molecule has 0 aliphatic carbocycles. The zero-order chi connectivity index (χ0) is 15.3. The second-order valence-corrected chi connectivity index (χ2v) is 6.48. The molecule has 0 saturated carbocycles. The molecule has 112 valence electrons. The fraction of sp³-hybridized carbons (Fsp3) is 0.538. The highest BCUT2D eigenvalue weighted by molar-refractivity contribution is 14.1. The Balaban J connectivity index is 2.46. The Bertz CT molecular complexity index is 477. The van der Waals surface area contributed by atoms with Crippen LogP contribution in [-0.2, 0) is 4.74 Å². The Kier molecular flexibility index (Phi) is 5.97. The van der Waals surface area contributed by atoms with Crippen molar-refractivity contribution in [3.63, 3.8) is 0 Å². The molecule has 1 N–H and O–H groups in total. The van der Waals surface area contributed by atoms with Gasteiger partial charge in [-0.05, 0) is 56.4 Å². The van der Waals surface area contributed by atoms with E-state index in [1.165, 1.54) is 6.20 Å². The molecule has 0 radical (unpaired) electrons. The zero-order valence-electron chi connectivity index (χ0n) is 11.9. The number of ether oxygens (including phenoxy) is 2. The number of carbonyl (C=O) groups is 1. The summed E-state index contributed by atoms with van der Waals surface area (Å²) in [5.74, 6) is -0.608. The van der Waals surface area contributed by atoms with E-state index >= 15 is 0 Å². The molecule has 1 amide bonds. The van der Waals surface area contributed by atoms with Crippen LogP contribution in [0.3, 0.4) is 0 Å². The van der Waals surface area contributed by atoms with E-state index in [2.05, 4.69) is 10.3 Å². The largest absolute Gasteiger partial charge is 0.472 e. The minimum atomic E-state index is -0.537. The predicted octanol–water partition coefficient (Wildman–Crippen LogP) is 3.12. The lowest BCUT2D eigenvalue weighted by Gasteiger charge is -2.22. The maximum absolute atomic E-state index is 13.6. The fourth-order valence-electron chi connectivity index (χ4n) is 1.25. The Morgan fingerprint density at radius 2 is 2.20 bits per heavy atom. The van der Waals surface area contributed by atoms with E-state index in [0.717, 1.165) is 0 Å². The highest BCUT2D eigenvalue weighted by Crippen LogP contribution is 2.18. The van der Waals surface area contributed by atoms with Crippen LogP contribution in [0.1, 0.15) is 27.7 Å². The summed E-state index contributed by atoms with van der Waals surface area (Å²) in [7, 11) is 0. The van der Waals surface area contributed by atoms with Crippen LogP contribution < -0.4 is 10.1 Å². The summed E-state index contributed by atoms with van der Waals surface area (Å²) in [6.45, 7) is 7.23. The minimum Gasteiger partial charge on any atom is -0.472 e. The summed E-state index contributed by atoms with van der Waals surface area (Å²) >= 11 is 1.85. The summed E-state index contributed by atoms with van der Waals surface area (Å²) < 4.78 is 24.4. The molecule has 0 aliphatic rings. The van der Waals surface area contributed by atoms with E-state index < -0.39 is 18.0 Å². The number of carbonyl (C=O) groups excluding carboxylic acids is 1. The lowest BCUT2D eigenvalue weighted by Crippen LogP contribution is -2.42. The van der Waals surface area contributed by atoms with Gasteiger partial charge in [-0.25, -0.2) is 9.78 Å². The fourth-order valence-corrected chi connectivity index (χ4v) is 1.64. The molecule has 0 bridgehead atoms. The van der Waals surface area contributed by atoms with Gasteiger partial charge in [0.25, 0.3) is 5.88 Å². The lowest BCUT2D eigenvalue weighted by atomic mass is 10.1. The molecule has 0 aliphatic heterocycles. The number of amides is 1. The van der Waals surface area contributed by atoms with Crippen LogP contribution in [0.2, 0.25) is 0 Å². The first-order chi connectivity index (χ1) is 9.19. The molecule has 0 fully saturated rings. The van der Waals surface area contributed by atoms with Crippen LogP contribution >= 0.6 is 22.6 Å². The van der Waals surface area contributed by atoms with E-state index in [0.29, 0.717) is 3.57 Å². The van der Waals surface area contributed by atoms with Crippen molar-refractivity contribution in [2.24, 2.45) is 0 Å². The number of aromatic nitrogens is 1. The summed E-state index contributed by atoms with van der Waals surface area (Å²) in [6, 6.07) is 1.54. The summed E-state index contributed by atoms with van der Waals surface area (Å²) in [4.78, 5) is 15.3. The van der Waals surface area contributed by atoms with E-state index in [4.69, 9.17) is 9.47 Å². The van der Waals surface area contributed by atoms with Crippen molar-refractivity contribution in [2.75, 3.05) is 6.61 Å². The molecular formula is C13H18FIN2O3. The average molecular weight is 396 g/mol. The Labute approximate surface area is 131 Å². The Morgan fingerprint density at radius 1 is 1.55 bits per heavy atom. The molecule has 20 heavy (non-hydrogen) atoms.